The van der Waals surface area contributed by atoms with Crippen molar-refractivity contribution >= 4 is 0 Å². The Bertz CT molecular complexity index is 648. The Kier molecular flexibility index (Phi) is 16.3. The van der Waals surface area contributed by atoms with E-state index in [1.54, 1.807) is 0 Å². The van der Waals surface area contributed by atoms with E-state index < -0.39 is 0 Å². The Labute approximate surface area is 189 Å². The molecule has 0 fully saturated rings. The third kappa shape index (κ3) is 12.9. The Morgan fingerprint density at radius 1 is 1.07 bits per heavy atom. The number of nitrogens with zero attached hydrogens (tertiary/aromatic N) is 1. The van der Waals surface area contributed by atoms with Gasteiger partial charge in [-0.3, -0.25) is 4.48 Å². The van der Waals surface area contributed by atoms with Gasteiger partial charge in [-0.2, -0.15) is 0 Å². The second-order valence-corrected chi connectivity index (χ2v) is 8.92. The van der Waals surface area contributed by atoms with Gasteiger partial charge in [0.15, 0.2) is 0 Å². The molecule has 170 valence electrons. The molecule has 0 bridgehead atoms. The molecule has 0 aliphatic heterocycles. The van der Waals surface area contributed by atoms with Gasteiger partial charge in [-0.15, -0.1) is 0 Å². The Balaban J connectivity index is 5.16. The monoisotopic (exact) mass is 412 g/mol. The predicted molar refractivity (Wildman–Crippen MR) is 136 cm³/mol. The summed E-state index contributed by atoms with van der Waals surface area (Å²) in [5.41, 5.74) is 11.1. The van der Waals surface area contributed by atoms with Crippen LogP contribution in [-0.2, 0) is 0 Å². The van der Waals surface area contributed by atoms with E-state index in [1.807, 2.05) is 0 Å². The van der Waals surface area contributed by atoms with E-state index in [1.165, 1.54) is 48.8 Å². The predicted octanol–water partition coefficient (Wildman–Crippen LogP) is 8.91. The highest BCUT2D eigenvalue weighted by atomic mass is 15.3. The minimum atomic E-state index is 0.709. The van der Waals surface area contributed by atoms with Crippen LogP contribution in [0.4, 0.5) is 0 Å². The summed E-state index contributed by atoms with van der Waals surface area (Å²) in [6.45, 7) is 17.8. The number of allylic oxidation sites excluding steroid dienone is 6. The van der Waals surface area contributed by atoms with Gasteiger partial charge in [-0.1, -0.05) is 74.8 Å². The van der Waals surface area contributed by atoms with Crippen LogP contribution >= 0.6 is 0 Å². The second kappa shape index (κ2) is 17.2. The van der Waals surface area contributed by atoms with Crippen LogP contribution in [0.15, 0.2) is 58.7 Å². The molecule has 1 heteroatoms. The van der Waals surface area contributed by atoms with Gasteiger partial charge in [0.25, 0.3) is 0 Å². The summed E-state index contributed by atoms with van der Waals surface area (Å²) in [6.07, 6.45) is 21.1. The molecule has 2 unspecified atom stereocenters. The van der Waals surface area contributed by atoms with Crippen molar-refractivity contribution in [3.8, 4) is 0 Å². The minimum Gasteiger partial charge on any atom is -0.296 e. The third-order valence-electron chi connectivity index (χ3n) is 6.34. The number of unbranched alkanes of at least 4 members (excludes halogenated alkanes) is 2. The summed E-state index contributed by atoms with van der Waals surface area (Å²) < 4.78 is 0.928. The second-order valence-electron chi connectivity index (χ2n) is 8.92. The van der Waals surface area contributed by atoms with Crippen molar-refractivity contribution in [1.82, 2.24) is 0 Å². The van der Waals surface area contributed by atoms with Gasteiger partial charge in [-0.25, -0.2) is 0 Å². The van der Waals surface area contributed by atoms with Crippen molar-refractivity contribution in [2.75, 3.05) is 20.1 Å². The highest BCUT2D eigenvalue weighted by Crippen LogP contribution is 2.21. The normalized spacial score (nSPS) is 15.5. The maximum absolute atomic E-state index is 3.45. The van der Waals surface area contributed by atoms with Crippen LogP contribution in [0.1, 0.15) is 99.8 Å². The Morgan fingerprint density at radius 2 is 1.80 bits per heavy atom. The zero-order valence-electron chi connectivity index (χ0n) is 21.5. The molecule has 0 heterocycles. The Morgan fingerprint density at radius 3 is 2.37 bits per heavy atom. The maximum Gasteiger partial charge on any atom is 0.112 e. The number of rotatable bonds is 15. The van der Waals surface area contributed by atoms with Gasteiger partial charge in [0.1, 0.15) is 6.54 Å². The molecule has 2 atom stereocenters. The van der Waals surface area contributed by atoms with Crippen LogP contribution in [0.3, 0.4) is 0 Å². The molecule has 0 rings (SSSR count). The number of hydrogen-bond acceptors (Lipinski definition) is 0. The highest BCUT2D eigenvalue weighted by molar-refractivity contribution is 5.14. The average Bonchev–Trinajstić information content (AvgIpc) is 2.76. The topological polar surface area (TPSA) is 0 Å². The summed E-state index contributed by atoms with van der Waals surface area (Å²) >= 11 is 0. The van der Waals surface area contributed by atoms with Gasteiger partial charge in [-0.05, 0) is 77.9 Å². The fraction of sp³-hybridized carbons (Fsp3) is 0.655. The summed E-state index contributed by atoms with van der Waals surface area (Å²) in [7, 11) is 2.31. The molecule has 0 aromatic rings. The molecule has 0 spiro atoms. The van der Waals surface area contributed by atoms with Gasteiger partial charge >= 0.3 is 0 Å². The van der Waals surface area contributed by atoms with Gasteiger partial charge in [0, 0.05) is 5.57 Å². The number of hydrogen-bond donors (Lipinski definition) is 0. The molecule has 0 N–H and O–H groups in total. The summed E-state index contributed by atoms with van der Waals surface area (Å²) in [5, 5.41) is 0. The van der Waals surface area contributed by atoms with E-state index in [4.69, 9.17) is 0 Å². The lowest BCUT2D eigenvalue weighted by Gasteiger charge is -2.29. The van der Waals surface area contributed by atoms with Gasteiger partial charge in [0.2, 0.25) is 0 Å². The van der Waals surface area contributed by atoms with E-state index in [9.17, 15) is 0 Å². The van der Waals surface area contributed by atoms with E-state index in [0.717, 1.165) is 36.8 Å². The molecule has 0 saturated carbocycles. The molecule has 1 nitrogen and oxygen atoms in total. The summed E-state index contributed by atoms with van der Waals surface area (Å²) in [6, 6.07) is 0. The smallest absolute Gasteiger partial charge is 0.112 e. The third-order valence-corrected chi connectivity index (χ3v) is 6.34. The van der Waals surface area contributed by atoms with E-state index in [0.29, 0.717) is 5.92 Å². The molecule has 0 radical (unpaired) electrons. The largest absolute Gasteiger partial charge is 0.296 e. The zero-order chi connectivity index (χ0) is 22.8. The van der Waals surface area contributed by atoms with Crippen molar-refractivity contribution in [3.63, 3.8) is 0 Å². The number of quaternary nitrogens is 1. The van der Waals surface area contributed by atoms with Gasteiger partial charge < -0.3 is 0 Å². The molecular weight excluding hydrogens is 362 g/mol. The zero-order valence-corrected chi connectivity index (χ0v) is 21.5. The summed E-state index contributed by atoms with van der Waals surface area (Å²) in [5.74, 6) is 0.709. The van der Waals surface area contributed by atoms with Gasteiger partial charge in [0.05, 0.1) is 19.8 Å². The number of likely N-dealkylation sites (N-methyl/N-ethyl adjacent to an activating group) is 1. The van der Waals surface area contributed by atoms with Crippen molar-refractivity contribution in [1.29, 1.82) is 0 Å². The standard InChI is InChI=1S/C29H50N/c1-9-14-15-23-29(12-4)27(7)21-16-17-22-28(11-3)25-30(8,13-5)24-19-18-20-26(6)10-2/h10,16,19,21,24,29H,9,11-15,18,20,23,25H2,1-8H3/q+1. The molecular formula is C29H50N+. The molecule has 0 aromatic carbocycles. The lowest BCUT2D eigenvalue weighted by Crippen LogP contribution is -2.39. The lowest BCUT2D eigenvalue weighted by atomic mass is 9.91. The summed E-state index contributed by atoms with van der Waals surface area (Å²) in [4.78, 5) is 0. The van der Waals surface area contributed by atoms with Crippen LogP contribution in [0, 0.1) is 5.92 Å². The van der Waals surface area contributed by atoms with Crippen LogP contribution < -0.4 is 0 Å². The fourth-order valence-electron chi connectivity index (χ4n) is 3.58. The van der Waals surface area contributed by atoms with Crippen molar-refractivity contribution in [2.45, 2.75) is 99.8 Å². The molecule has 0 aliphatic carbocycles. The maximum atomic E-state index is 3.45. The quantitative estimate of drug-likeness (QED) is 0.0827. The molecule has 0 saturated heterocycles. The lowest BCUT2D eigenvalue weighted by molar-refractivity contribution is -0.852. The molecule has 0 aromatic heterocycles. The van der Waals surface area contributed by atoms with Crippen LogP contribution in [0.2, 0.25) is 0 Å². The van der Waals surface area contributed by atoms with Crippen molar-refractivity contribution in [2.24, 2.45) is 5.92 Å². The first-order valence-electron chi connectivity index (χ1n) is 12.4. The molecule has 0 aliphatic rings. The van der Waals surface area contributed by atoms with E-state index >= 15 is 0 Å². The van der Waals surface area contributed by atoms with Crippen LogP contribution in [-0.4, -0.2) is 24.6 Å². The SMILES string of the molecule is CC=C(C)CCC=C[N+](C)(CC)CC(=C=C=CC=C(C)C(CC)CCCCC)CC. The van der Waals surface area contributed by atoms with Crippen LogP contribution in [0.25, 0.3) is 0 Å². The molecule has 30 heavy (non-hydrogen) atoms. The average molecular weight is 413 g/mol. The first-order valence-corrected chi connectivity index (χ1v) is 12.4. The fourth-order valence-corrected chi connectivity index (χ4v) is 3.58. The first kappa shape index (κ1) is 28.5. The van der Waals surface area contributed by atoms with Crippen LogP contribution in [0.5, 0.6) is 0 Å². The Hall–Kier alpha value is -1.52. The van der Waals surface area contributed by atoms with E-state index in [-0.39, 0.29) is 0 Å². The minimum absolute atomic E-state index is 0.709. The highest BCUT2D eigenvalue weighted by Gasteiger charge is 2.17. The van der Waals surface area contributed by atoms with Crippen molar-refractivity contribution < 1.29 is 4.48 Å². The van der Waals surface area contributed by atoms with E-state index in [2.05, 4.69) is 97.5 Å². The van der Waals surface area contributed by atoms with Crippen molar-refractivity contribution in [3.05, 3.63) is 58.7 Å². The molecule has 0 amide bonds. The first-order chi connectivity index (χ1) is 14.4.